The van der Waals surface area contributed by atoms with Gasteiger partial charge < -0.3 is 15.1 Å². The van der Waals surface area contributed by atoms with Crippen LogP contribution in [0.2, 0.25) is 0 Å². The standard InChI is InChI=1S/C16H27N3O2/c1-3-4-5-6-8-12(2)18-15(20)14-11-21-16(19-14)13-9-7-10-17-13/h11-13,17H,3-10H2,1-2H3,(H,18,20). The molecule has 0 aliphatic carbocycles. The van der Waals surface area contributed by atoms with Gasteiger partial charge in [0.15, 0.2) is 5.69 Å². The highest BCUT2D eigenvalue weighted by atomic mass is 16.3. The van der Waals surface area contributed by atoms with E-state index in [0.29, 0.717) is 11.6 Å². The molecule has 5 heteroatoms. The Morgan fingerprint density at radius 3 is 3.10 bits per heavy atom. The van der Waals surface area contributed by atoms with Crippen LogP contribution in [-0.2, 0) is 0 Å². The van der Waals surface area contributed by atoms with Crippen LogP contribution < -0.4 is 10.6 Å². The van der Waals surface area contributed by atoms with Gasteiger partial charge in [-0.15, -0.1) is 0 Å². The maximum Gasteiger partial charge on any atom is 0.273 e. The summed E-state index contributed by atoms with van der Waals surface area (Å²) in [6.07, 6.45) is 9.52. The molecule has 2 N–H and O–H groups in total. The third kappa shape index (κ3) is 4.84. The Hall–Kier alpha value is -1.36. The number of unbranched alkanes of at least 4 members (excludes halogenated alkanes) is 3. The van der Waals surface area contributed by atoms with E-state index in [1.165, 1.54) is 25.5 Å². The molecule has 0 radical (unpaired) electrons. The van der Waals surface area contributed by atoms with Crippen LogP contribution in [-0.4, -0.2) is 23.5 Å². The molecule has 5 nitrogen and oxygen atoms in total. The number of nitrogens with zero attached hydrogens (tertiary/aromatic N) is 1. The second-order valence-electron chi connectivity index (χ2n) is 5.94. The Morgan fingerprint density at radius 2 is 2.38 bits per heavy atom. The summed E-state index contributed by atoms with van der Waals surface area (Å²) in [5.41, 5.74) is 0.388. The molecule has 2 unspecified atom stereocenters. The highest BCUT2D eigenvalue weighted by molar-refractivity contribution is 5.92. The minimum absolute atomic E-state index is 0.133. The van der Waals surface area contributed by atoms with Gasteiger partial charge in [0, 0.05) is 6.04 Å². The van der Waals surface area contributed by atoms with Crippen LogP contribution in [0.4, 0.5) is 0 Å². The van der Waals surface area contributed by atoms with Crippen LogP contribution in [0.1, 0.15) is 81.2 Å². The summed E-state index contributed by atoms with van der Waals surface area (Å²) in [4.78, 5) is 16.4. The number of oxazole rings is 1. The van der Waals surface area contributed by atoms with Crippen LogP contribution in [0.5, 0.6) is 0 Å². The molecule has 1 aliphatic rings. The quantitative estimate of drug-likeness (QED) is 0.722. The van der Waals surface area contributed by atoms with Gasteiger partial charge in [-0.25, -0.2) is 4.98 Å². The Kier molecular flexibility index (Phi) is 6.23. The predicted molar refractivity (Wildman–Crippen MR) is 82.2 cm³/mol. The van der Waals surface area contributed by atoms with E-state index < -0.39 is 0 Å². The van der Waals surface area contributed by atoms with E-state index in [0.717, 1.165) is 32.2 Å². The molecule has 1 aromatic heterocycles. The topological polar surface area (TPSA) is 67.2 Å². The second kappa shape index (κ2) is 8.17. The fourth-order valence-corrected chi connectivity index (χ4v) is 2.69. The number of hydrogen-bond donors (Lipinski definition) is 2. The zero-order chi connectivity index (χ0) is 15.1. The number of nitrogens with one attached hydrogen (secondary N) is 2. The minimum Gasteiger partial charge on any atom is -0.446 e. The maximum atomic E-state index is 12.1. The summed E-state index contributed by atoms with van der Waals surface area (Å²) in [5, 5.41) is 6.31. The summed E-state index contributed by atoms with van der Waals surface area (Å²) in [5.74, 6) is 0.499. The Bertz CT molecular complexity index is 438. The number of aromatic nitrogens is 1. The van der Waals surface area contributed by atoms with Crippen LogP contribution in [0.15, 0.2) is 10.7 Å². The zero-order valence-corrected chi connectivity index (χ0v) is 13.2. The molecule has 1 aliphatic heterocycles. The van der Waals surface area contributed by atoms with E-state index in [4.69, 9.17) is 4.42 Å². The smallest absolute Gasteiger partial charge is 0.273 e. The van der Waals surface area contributed by atoms with Crippen molar-refractivity contribution in [3.05, 3.63) is 17.8 Å². The molecule has 1 saturated heterocycles. The van der Waals surface area contributed by atoms with E-state index in [2.05, 4.69) is 22.5 Å². The van der Waals surface area contributed by atoms with E-state index in [1.54, 1.807) is 0 Å². The Labute approximate surface area is 126 Å². The first kappa shape index (κ1) is 16.0. The maximum absolute atomic E-state index is 12.1. The molecule has 0 aromatic carbocycles. The van der Waals surface area contributed by atoms with Gasteiger partial charge in [0.25, 0.3) is 5.91 Å². The highest BCUT2D eigenvalue weighted by Gasteiger charge is 2.23. The second-order valence-corrected chi connectivity index (χ2v) is 5.94. The molecule has 2 heterocycles. The first-order chi connectivity index (χ1) is 10.2. The van der Waals surface area contributed by atoms with Crippen LogP contribution in [0.25, 0.3) is 0 Å². The van der Waals surface area contributed by atoms with Gasteiger partial charge in [-0.2, -0.15) is 0 Å². The van der Waals surface area contributed by atoms with Crippen LogP contribution >= 0.6 is 0 Å². The molecule has 1 fully saturated rings. The molecule has 0 spiro atoms. The number of carbonyl (C=O) groups is 1. The largest absolute Gasteiger partial charge is 0.446 e. The number of amides is 1. The van der Waals surface area contributed by atoms with Gasteiger partial charge >= 0.3 is 0 Å². The highest BCUT2D eigenvalue weighted by Crippen LogP contribution is 2.22. The van der Waals surface area contributed by atoms with E-state index in [-0.39, 0.29) is 18.0 Å². The molecule has 118 valence electrons. The van der Waals surface area contributed by atoms with Gasteiger partial charge in [-0.05, 0) is 32.7 Å². The molecule has 2 rings (SSSR count). The first-order valence-corrected chi connectivity index (χ1v) is 8.20. The van der Waals surface area contributed by atoms with Crippen molar-refractivity contribution in [3.8, 4) is 0 Å². The Balaban J connectivity index is 1.77. The van der Waals surface area contributed by atoms with Gasteiger partial charge in [0.1, 0.15) is 6.26 Å². The molecular weight excluding hydrogens is 266 g/mol. The lowest BCUT2D eigenvalue weighted by molar-refractivity contribution is 0.0932. The molecular formula is C16H27N3O2. The van der Waals surface area contributed by atoms with Crippen LogP contribution in [0.3, 0.4) is 0 Å². The third-order valence-corrected chi connectivity index (χ3v) is 3.98. The van der Waals surface area contributed by atoms with Crippen molar-refractivity contribution < 1.29 is 9.21 Å². The molecule has 0 saturated carbocycles. The van der Waals surface area contributed by atoms with Crippen molar-refractivity contribution in [1.29, 1.82) is 0 Å². The van der Waals surface area contributed by atoms with E-state index >= 15 is 0 Å². The van der Waals surface area contributed by atoms with Gasteiger partial charge in [-0.3, -0.25) is 4.79 Å². The average Bonchev–Trinajstić information content (AvgIpc) is 3.13. The van der Waals surface area contributed by atoms with Gasteiger partial charge in [-0.1, -0.05) is 32.6 Å². The number of rotatable bonds is 8. The SMILES string of the molecule is CCCCCCC(C)NC(=O)c1coc(C2CCCN2)n1. The van der Waals surface area contributed by atoms with Crippen LogP contribution in [0, 0.1) is 0 Å². The summed E-state index contributed by atoms with van der Waals surface area (Å²) < 4.78 is 5.43. The molecule has 21 heavy (non-hydrogen) atoms. The van der Waals surface area contributed by atoms with Crippen molar-refractivity contribution in [2.24, 2.45) is 0 Å². The monoisotopic (exact) mass is 293 g/mol. The van der Waals surface area contributed by atoms with Crippen molar-refractivity contribution in [1.82, 2.24) is 15.6 Å². The zero-order valence-electron chi connectivity index (χ0n) is 13.2. The fraction of sp³-hybridized carbons (Fsp3) is 0.750. The summed E-state index contributed by atoms with van der Waals surface area (Å²) >= 11 is 0. The Morgan fingerprint density at radius 1 is 1.52 bits per heavy atom. The van der Waals surface area contributed by atoms with Crippen molar-refractivity contribution in [2.45, 2.75) is 70.9 Å². The molecule has 2 atom stereocenters. The first-order valence-electron chi connectivity index (χ1n) is 8.20. The van der Waals surface area contributed by atoms with E-state index in [9.17, 15) is 4.79 Å². The molecule has 0 bridgehead atoms. The third-order valence-electron chi connectivity index (χ3n) is 3.98. The fourth-order valence-electron chi connectivity index (χ4n) is 2.69. The number of hydrogen-bond acceptors (Lipinski definition) is 4. The minimum atomic E-state index is -0.133. The lowest BCUT2D eigenvalue weighted by Crippen LogP contribution is -2.32. The summed E-state index contributed by atoms with van der Waals surface area (Å²) in [7, 11) is 0. The van der Waals surface area contributed by atoms with Crippen molar-refractivity contribution >= 4 is 5.91 Å². The molecule has 1 aromatic rings. The average molecular weight is 293 g/mol. The van der Waals surface area contributed by atoms with Gasteiger partial charge in [0.05, 0.1) is 6.04 Å². The van der Waals surface area contributed by atoms with Crippen molar-refractivity contribution in [3.63, 3.8) is 0 Å². The molecule has 1 amide bonds. The van der Waals surface area contributed by atoms with Gasteiger partial charge in [0.2, 0.25) is 5.89 Å². The number of carbonyl (C=O) groups excluding carboxylic acids is 1. The summed E-state index contributed by atoms with van der Waals surface area (Å²) in [6.45, 7) is 5.24. The lowest BCUT2D eigenvalue weighted by atomic mass is 10.1. The predicted octanol–water partition coefficient (Wildman–Crippen LogP) is 3.19. The lowest BCUT2D eigenvalue weighted by Gasteiger charge is -2.12. The summed E-state index contributed by atoms with van der Waals surface area (Å²) in [6, 6.07) is 0.345. The van der Waals surface area contributed by atoms with Crippen molar-refractivity contribution in [2.75, 3.05) is 6.54 Å². The normalized spacial score (nSPS) is 19.6. The van der Waals surface area contributed by atoms with E-state index in [1.807, 2.05) is 6.92 Å².